The molecule has 0 amide bonds. The Balaban J connectivity index is 2.09. The quantitative estimate of drug-likeness (QED) is 0.913. The smallest absolute Gasteiger partial charge is 0.118 e. The average molecular weight is 266 g/mol. The van der Waals surface area contributed by atoms with E-state index in [2.05, 4.69) is 38.7 Å². The molecule has 0 bridgehead atoms. The Morgan fingerprint density at radius 2 is 1.79 bits per heavy atom. The molecule has 0 radical (unpaired) electrons. The maximum atomic E-state index is 6.09. The number of hydrogen-bond donors (Lipinski definition) is 1. The minimum Gasteiger partial charge on any atom is -0.465 e. The van der Waals surface area contributed by atoms with Gasteiger partial charge in [0.1, 0.15) is 11.5 Å². The lowest BCUT2D eigenvalue weighted by molar-refractivity contribution is -0.182. The molecule has 0 aliphatic carbocycles. The third-order valence-electron chi connectivity index (χ3n) is 3.43. The van der Waals surface area contributed by atoms with Crippen LogP contribution in [0.15, 0.2) is 10.5 Å². The maximum Gasteiger partial charge on any atom is 0.118 e. The molecular weight excluding hydrogens is 240 g/mol. The van der Waals surface area contributed by atoms with Gasteiger partial charge < -0.3 is 14.9 Å². The third-order valence-corrected chi connectivity index (χ3v) is 3.43. The Morgan fingerprint density at radius 3 is 2.26 bits per heavy atom. The van der Waals surface area contributed by atoms with Crippen molar-refractivity contribution in [3.63, 3.8) is 0 Å². The average Bonchev–Trinajstić information content (AvgIpc) is 2.53. The van der Waals surface area contributed by atoms with Crippen molar-refractivity contribution in [2.45, 2.75) is 58.9 Å². The number of furan rings is 1. The summed E-state index contributed by atoms with van der Waals surface area (Å²) < 4.78 is 11.9. The highest BCUT2D eigenvalue weighted by atomic mass is 16.5. The van der Waals surface area contributed by atoms with Crippen LogP contribution in [-0.2, 0) is 17.8 Å². The molecule has 1 aliphatic heterocycles. The van der Waals surface area contributed by atoms with Crippen molar-refractivity contribution < 1.29 is 9.15 Å². The Morgan fingerprint density at radius 1 is 1.21 bits per heavy atom. The van der Waals surface area contributed by atoms with Gasteiger partial charge in [-0.05, 0) is 40.7 Å². The first-order valence-electron chi connectivity index (χ1n) is 6.91. The van der Waals surface area contributed by atoms with E-state index in [9.17, 15) is 0 Å². The highest BCUT2D eigenvalue weighted by Crippen LogP contribution is 2.29. The summed E-state index contributed by atoms with van der Waals surface area (Å²) in [4.78, 5) is 2.39. The molecule has 2 N–H and O–H groups in total. The zero-order valence-electron chi connectivity index (χ0n) is 12.7. The van der Waals surface area contributed by atoms with Crippen LogP contribution in [0.1, 0.15) is 44.8 Å². The molecule has 1 aromatic heterocycles. The predicted octanol–water partition coefficient (Wildman–Crippen LogP) is 2.44. The van der Waals surface area contributed by atoms with Gasteiger partial charge in [-0.3, -0.25) is 4.90 Å². The lowest BCUT2D eigenvalue weighted by Crippen LogP contribution is -2.56. The zero-order valence-corrected chi connectivity index (χ0v) is 12.7. The van der Waals surface area contributed by atoms with Gasteiger partial charge >= 0.3 is 0 Å². The Hall–Kier alpha value is -0.840. The van der Waals surface area contributed by atoms with E-state index < -0.39 is 0 Å². The molecule has 19 heavy (non-hydrogen) atoms. The van der Waals surface area contributed by atoms with E-state index in [1.165, 1.54) is 0 Å². The molecule has 4 nitrogen and oxygen atoms in total. The molecule has 1 aliphatic rings. The summed E-state index contributed by atoms with van der Waals surface area (Å²) in [6.45, 7) is 13.7. The van der Waals surface area contributed by atoms with E-state index in [0.717, 1.165) is 36.7 Å². The van der Waals surface area contributed by atoms with Gasteiger partial charge in [-0.25, -0.2) is 0 Å². The predicted molar refractivity (Wildman–Crippen MR) is 75.9 cm³/mol. The van der Waals surface area contributed by atoms with Crippen LogP contribution in [0.25, 0.3) is 0 Å². The van der Waals surface area contributed by atoms with E-state index >= 15 is 0 Å². The fourth-order valence-electron chi connectivity index (χ4n) is 3.15. The van der Waals surface area contributed by atoms with Gasteiger partial charge in [0.25, 0.3) is 0 Å². The fourth-order valence-corrected chi connectivity index (χ4v) is 3.15. The number of hydrogen-bond acceptors (Lipinski definition) is 4. The monoisotopic (exact) mass is 266 g/mol. The van der Waals surface area contributed by atoms with Crippen molar-refractivity contribution in [1.29, 1.82) is 0 Å². The van der Waals surface area contributed by atoms with E-state index in [-0.39, 0.29) is 11.2 Å². The first-order chi connectivity index (χ1) is 8.71. The van der Waals surface area contributed by atoms with Crippen molar-refractivity contribution >= 4 is 0 Å². The summed E-state index contributed by atoms with van der Waals surface area (Å²) in [5, 5.41) is 0. The maximum absolute atomic E-state index is 6.09. The van der Waals surface area contributed by atoms with Crippen LogP contribution in [0.5, 0.6) is 0 Å². The number of nitrogens with zero attached hydrogens (tertiary/aromatic N) is 1. The van der Waals surface area contributed by atoms with E-state index in [4.69, 9.17) is 14.9 Å². The van der Waals surface area contributed by atoms with Crippen LogP contribution in [0.2, 0.25) is 0 Å². The van der Waals surface area contributed by atoms with Gasteiger partial charge in [0.2, 0.25) is 0 Å². The second-order valence-corrected chi connectivity index (χ2v) is 6.76. The summed E-state index contributed by atoms with van der Waals surface area (Å²) >= 11 is 0. The molecule has 1 saturated heterocycles. The van der Waals surface area contributed by atoms with Crippen LogP contribution in [-0.4, -0.2) is 29.2 Å². The fraction of sp³-hybridized carbons (Fsp3) is 0.733. The molecule has 1 aromatic rings. The number of nitrogens with two attached hydrogens (primary N) is 1. The number of rotatable bonds is 3. The van der Waals surface area contributed by atoms with E-state index in [0.29, 0.717) is 6.54 Å². The first-order valence-corrected chi connectivity index (χ1v) is 6.91. The lowest BCUT2D eigenvalue weighted by atomic mass is 9.99. The van der Waals surface area contributed by atoms with Crippen molar-refractivity contribution in [3.8, 4) is 0 Å². The Kier molecular flexibility index (Phi) is 3.78. The molecule has 0 unspecified atom stereocenters. The summed E-state index contributed by atoms with van der Waals surface area (Å²) in [5.74, 6) is 1.93. The molecule has 0 atom stereocenters. The standard InChI is InChI=1S/C15H26N2O2/c1-11-12(7-16)6-13(18-11)8-17-9-14(2,3)19-15(4,5)10-17/h6H,7-10,16H2,1-5H3. The summed E-state index contributed by atoms with van der Waals surface area (Å²) in [6, 6.07) is 2.07. The van der Waals surface area contributed by atoms with E-state index in [1.807, 2.05) is 6.92 Å². The van der Waals surface area contributed by atoms with Crippen LogP contribution in [0, 0.1) is 6.92 Å². The minimum absolute atomic E-state index is 0.125. The van der Waals surface area contributed by atoms with Crippen LogP contribution in [0.3, 0.4) is 0 Å². The van der Waals surface area contributed by atoms with Gasteiger partial charge in [-0.1, -0.05) is 0 Å². The third kappa shape index (κ3) is 3.59. The second kappa shape index (κ2) is 4.93. The molecule has 0 saturated carbocycles. The largest absolute Gasteiger partial charge is 0.465 e. The van der Waals surface area contributed by atoms with Crippen molar-refractivity contribution in [1.82, 2.24) is 4.90 Å². The van der Waals surface area contributed by atoms with Crippen LogP contribution >= 0.6 is 0 Å². The van der Waals surface area contributed by atoms with Crippen molar-refractivity contribution in [2.24, 2.45) is 5.73 Å². The Labute approximate surface area is 115 Å². The van der Waals surface area contributed by atoms with Crippen molar-refractivity contribution in [3.05, 3.63) is 23.2 Å². The number of ether oxygens (including phenoxy) is 1. The number of morpholine rings is 1. The molecule has 2 rings (SSSR count). The van der Waals surface area contributed by atoms with Crippen LogP contribution in [0.4, 0.5) is 0 Å². The van der Waals surface area contributed by atoms with Gasteiger partial charge in [-0.2, -0.15) is 0 Å². The first kappa shape index (κ1) is 14.6. The van der Waals surface area contributed by atoms with Gasteiger partial charge in [0.05, 0.1) is 17.7 Å². The number of aryl methyl sites for hydroxylation is 1. The molecule has 2 heterocycles. The highest BCUT2D eigenvalue weighted by molar-refractivity contribution is 5.20. The summed E-state index contributed by atoms with van der Waals surface area (Å²) in [5.41, 5.74) is 6.54. The van der Waals surface area contributed by atoms with E-state index in [1.54, 1.807) is 0 Å². The Bertz CT molecular complexity index is 433. The lowest BCUT2D eigenvalue weighted by Gasteiger charge is -2.47. The minimum atomic E-state index is -0.125. The molecule has 1 fully saturated rings. The van der Waals surface area contributed by atoms with Crippen LogP contribution < -0.4 is 5.73 Å². The molecular formula is C15H26N2O2. The SMILES string of the molecule is Cc1oc(CN2CC(C)(C)OC(C)(C)C2)cc1CN. The van der Waals surface area contributed by atoms with Crippen molar-refractivity contribution in [2.75, 3.05) is 13.1 Å². The second-order valence-electron chi connectivity index (χ2n) is 6.76. The molecule has 108 valence electrons. The normalized spacial score (nSPS) is 22.6. The van der Waals surface area contributed by atoms with Gasteiger partial charge in [0.15, 0.2) is 0 Å². The highest BCUT2D eigenvalue weighted by Gasteiger charge is 2.38. The van der Waals surface area contributed by atoms with Gasteiger partial charge in [-0.15, -0.1) is 0 Å². The molecule has 4 heteroatoms. The summed E-state index contributed by atoms with van der Waals surface area (Å²) in [6.07, 6.45) is 0. The zero-order chi connectivity index (χ0) is 14.3. The molecule has 0 aromatic carbocycles. The molecule has 0 spiro atoms. The topological polar surface area (TPSA) is 51.6 Å². The summed E-state index contributed by atoms with van der Waals surface area (Å²) in [7, 11) is 0. The van der Waals surface area contributed by atoms with Gasteiger partial charge in [0, 0.05) is 25.2 Å².